The number of hydrogen-bond acceptors (Lipinski definition) is 2. The Morgan fingerprint density at radius 2 is 2.05 bits per heavy atom. The van der Waals surface area contributed by atoms with E-state index in [1.165, 1.54) is 46.3 Å². The first-order valence-electron chi connectivity index (χ1n) is 7.61. The number of hydrogen-bond donors (Lipinski definition) is 1. The molecule has 0 aromatic carbocycles. The summed E-state index contributed by atoms with van der Waals surface area (Å²) in [7, 11) is 0. The van der Waals surface area contributed by atoms with Gasteiger partial charge in [-0.1, -0.05) is 26.7 Å². The van der Waals surface area contributed by atoms with Crippen molar-refractivity contribution in [3.05, 3.63) is 20.3 Å². The largest absolute Gasteiger partial charge is 0.310 e. The first kappa shape index (κ1) is 15.5. The van der Waals surface area contributed by atoms with Crippen LogP contribution in [0.25, 0.3) is 0 Å². The molecule has 1 heterocycles. The molecule has 1 aliphatic rings. The first-order chi connectivity index (χ1) is 9.11. The fourth-order valence-electron chi connectivity index (χ4n) is 3.22. The molecule has 1 N–H and O–H groups in total. The van der Waals surface area contributed by atoms with E-state index in [-0.39, 0.29) is 0 Å². The van der Waals surface area contributed by atoms with Crippen molar-refractivity contribution in [2.45, 2.75) is 58.9 Å². The van der Waals surface area contributed by atoms with Gasteiger partial charge in [-0.05, 0) is 72.1 Å². The van der Waals surface area contributed by atoms with E-state index in [4.69, 9.17) is 0 Å². The fraction of sp³-hybridized carbons (Fsp3) is 0.750. The average Bonchev–Trinajstić information content (AvgIpc) is 2.71. The highest BCUT2D eigenvalue weighted by Crippen LogP contribution is 2.40. The molecule has 19 heavy (non-hydrogen) atoms. The monoisotopic (exact) mass is 343 g/mol. The van der Waals surface area contributed by atoms with Crippen LogP contribution in [0.4, 0.5) is 0 Å². The Kier molecular flexibility index (Phi) is 5.91. The van der Waals surface area contributed by atoms with E-state index in [9.17, 15) is 0 Å². The predicted molar refractivity (Wildman–Crippen MR) is 88.9 cm³/mol. The van der Waals surface area contributed by atoms with Gasteiger partial charge in [-0.15, -0.1) is 11.3 Å². The second-order valence-electron chi connectivity index (χ2n) is 6.01. The van der Waals surface area contributed by atoms with E-state index in [1.54, 1.807) is 0 Å². The van der Waals surface area contributed by atoms with E-state index in [2.05, 4.69) is 48.1 Å². The zero-order valence-corrected chi connectivity index (χ0v) is 14.7. The molecular weight excluding hydrogens is 318 g/mol. The molecule has 3 heteroatoms. The number of aryl methyl sites for hydroxylation is 1. The van der Waals surface area contributed by atoms with Crippen LogP contribution in [-0.2, 0) is 0 Å². The maximum Gasteiger partial charge on any atom is 0.0704 e. The third-order valence-corrected chi connectivity index (χ3v) is 5.98. The Hall–Kier alpha value is 0.140. The van der Waals surface area contributed by atoms with Gasteiger partial charge in [0.2, 0.25) is 0 Å². The van der Waals surface area contributed by atoms with Crippen LogP contribution in [0.5, 0.6) is 0 Å². The Labute approximate surface area is 130 Å². The number of nitrogens with one attached hydrogen (secondary N) is 1. The molecule has 0 radical (unpaired) electrons. The third kappa shape index (κ3) is 4.05. The molecular formula is C16H26BrNS. The highest BCUT2D eigenvalue weighted by molar-refractivity contribution is 9.11. The van der Waals surface area contributed by atoms with Crippen molar-refractivity contribution in [3.8, 4) is 0 Å². The molecule has 108 valence electrons. The molecule has 2 rings (SSSR count). The minimum atomic E-state index is 0.565. The Bertz CT molecular complexity index is 393. The summed E-state index contributed by atoms with van der Waals surface area (Å²) in [5.74, 6) is 1.75. The minimum absolute atomic E-state index is 0.565. The maximum atomic E-state index is 3.81. The molecule has 0 spiro atoms. The number of halogens is 1. The summed E-state index contributed by atoms with van der Waals surface area (Å²) in [6.45, 7) is 8.04. The van der Waals surface area contributed by atoms with Crippen LogP contribution in [0.3, 0.4) is 0 Å². The van der Waals surface area contributed by atoms with Gasteiger partial charge in [0.15, 0.2) is 0 Å². The maximum absolute atomic E-state index is 3.81. The lowest BCUT2D eigenvalue weighted by molar-refractivity contribution is 0.231. The molecule has 1 unspecified atom stereocenters. The van der Waals surface area contributed by atoms with Crippen molar-refractivity contribution >= 4 is 27.3 Å². The van der Waals surface area contributed by atoms with Crippen LogP contribution in [0, 0.1) is 18.8 Å². The van der Waals surface area contributed by atoms with Gasteiger partial charge in [-0.2, -0.15) is 0 Å². The molecule has 1 aliphatic carbocycles. The van der Waals surface area contributed by atoms with Crippen molar-refractivity contribution in [1.82, 2.24) is 5.32 Å². The van der Waals surface area contributed by atoms with Gasteiger partial charge in [0.1, 0.15) is 0 Å². The Morgan fingerprint density at radius 1 is 1.37 bits per heavy atom. The molecule has 1 atom stereocenters. The number of rotatable bonds is 5. The van der Waals surface area contributed by atoms with Gasteiger partial charge in [0.25, 0.3) is 0 Å². The van der Waals surface area contributed by atoms with Gasteiger partial charge in [0, 0.05) is 10.9 Å². The summed E-state index contributed by atoms with van der Waals surface area (Å²) in [6, 6.07) is 2.90. The standard InChI is InChI=1S/C16H26BrNS/c1-4-9-18-16(13-7-5-11(2)6-8-13)14-10-15(17)19-12(14)3/h10-11,13,16,18H,4-9H2,1-3H3. The van der Waals surface area contributed by atoms with E-state index in [1.807, 2.05) is 11.3 Å². The van der Waals surface area contributed by atoms with E-state index in [0.717, 1.165) is 18.4 Å². The van der Waals surface area contributed by atoms with Crippen LogP contribution >= 0.6 is 27.3 Å². The molecule has 0 aliphatic heterocycles. The van der Waals surface area contributed by atoms with Crippen LogP contribution in [0.1, 0.15) is 62.4 Å². The number of thiophene rings is 1. The summed E-state index contributed by atoms with van der Waals surface area (Å²) < 4.78 is 1.27. The van der Waals surface area contributed by atoms with E-state index >= 15 is 0 Å². The zero-order chi connectivity index (χ0) is 13.8. The van der Waals surface area contributed by atoms with Crippen molar-refractivity contribution in [3.63, 3.8) is 0 Å². The summed E-state index contributed by atoms with van der Waals surface area (Å²) in [5.41, 5.74) is 1.53. The minimum Gasteiger partial charge on any atom is -0.310 e. The average molecular weight is 344 g/mol. The highest BCUT2D eigenvalue weighted by Gasteiger charge is 2.28. The highest BCUT2D eigenvalue weighted by atomic mass is 79.9. The van der Waals surface area contributed by atoms with Crippen molar-refractivity contribution < 1.29 is 0 Å². The third-order valence-electron chi connectivity index (χ3n) is 4.41. The second kappa shape index (κ2) is 7.24. The predicted octanol–water partition coefficient (Wildman–Crippen LogP) is 5.69. The lowest BCUT2D eigenvalue weighted by Gasteiger charge is -2.33. The van der Waals surface area contributed by atoms with Gasteiger partial charge in [0.05, 0.1) is 3.79 Å². The van der Waals surface area contributed by atoms with Crippen molar-refractivity contribution in [2.24, 2.45) is 11.8 Å². The topological polar surface area (TPSA) is 12.0 Å². The quantitative estimate of drug-likeness (QED) is 0.724. The van der Waals surface area contributed by atoms with Crippen LogP contribution < -0.4 is 5.32 Å². The summed E-state index contributed by atoms with van der Waals surface area (Å²) in [4.78, 5) is 1.47. The summed E-state index contributed by atoms with van der Waals surface area (Å²) >= 11 is 5.52. The van der Waals surface area contributed by atoms with Gasteiger partial charge < -0.3 is 5.32 Å². The molecule has 1 saturated carbocycles. The zero-order valence-electron chi connectivity index (χ0n) is 12.3. The lowest BCUT2D eigenvalue weighted by atomic mass is 9.77. The molecule has 1 aromatic rings. The van der Waals surface area contributed by atoms with E-state index in [0.29, 0.717) is 6.04 Å². The summed E-state index contributed by atoms with van der Waals surface area (Å²) in [5, 5.41) is 3.81. The smallest absolute Gasteiger partial charge is 0.0704 e. The SMILES string of the molecule is CCCNC(c1cc(Br)sc1C)C1CCC(C)CC1. The van der Waals surface area contributed by atoms with Gasteiger partial charge >= 0.3 is 0 Å². The molecule has 0 amide bonds. The first-order valence-corrected chi connectivity index (χ1v) is 9.22. The molecule has 0 bridgehead atoms. The molecule has 1 aromatic heterocycles. The normalized spacial score (nSPS) is 25.5. The molecule has 0 saturated heterocycles. The van der Waals surface area contributed by atoms with Crippen LogP contribution in [-0.4, -0.2) is 6.54 Å². The second-order valence-corrected chi connectivity index (χ2v) is 8.65. The van der Waals surface area contributed by atoms with Crippen molar-refractivity contribution in [2.75, 3.05) is 6.54 Å². The van der Waals surface area contributed by atoms with Crippen molar-refractivity contribution in [1.29, 1.82) is 0 Å². The molecule has 1 fully saturated rings. The van der Waals surface area contributed by atoms with E-state index < -0.39 is 0 Å². The Morgan fingerprint density at radius 3 is 2.58 bits per heavy atom. The van der Waals surface area contributed by atoms with Gasteiger partial charge in [-0.25, -0.2) is 0 Å². The van der Waals surface area contributed by atoms with Gasteiger partial charge in [-0.3, -0.25) is 0 Å². The van der Waals surface area contributed by atoms with Crippen LogP contribution in [0.15, 0.2) is 9.85 Å². The fourth-order valence-corrected chi connectivity index (χ4v) is 4.97. The lowest BCUT2D eigenvalue weighted by Crippen LogP contribution is -2.31. The summed E-state index contributed by atoms with van der Waals surface area (Å²) in [6.07, 6.45) is 6.79. The molecule has 1 nitrogen and oxygen atoms in total. The van der Waals surface area contributed by atoms with Crippen LogP contribution in [0.2, 0.25) is 0 Å². The Balaban J connectivity index is 2.13.